The van der Waals surface area contributed by atoms with Crippen LogP contribution >= 0.6 is 0 Å². The van der Waals surface area contributed by atoms with Crippen molar-refractivity contribution in [3.8, 4) is 5.75 Å². The number of benzene rings is 2. The Balaban J connectivity index is 1.93. The summed E-state index contributed by atoms with van der Waals surface area (Å²) in [6, 6.07) is 13.3. The molecule has 6 nitrogen and oxygen atoms in total. The molecule has 4 N–H and O–H groups in total. The Labute approximate surface area is 160 Å². The first-order chi connectivity index (χ1) is 12.9. The monoisotopic (exact) mass is 369 g/mol. The number of amides is 2. The van der Waals surface area contributed by atoms with Crippen LogP contribution in [0.15, 0.2) is 48.5 Å². The normalized spacial score (nSPS) is 11.7. The molecule has 0 aromatic heterocycles. The summed E-state index contributed by atoms with van der Waals surface area (Å²) < 4.78 is 5.38. The van der Waals surface area contributed by atoms with Gasteiger partial charge in [-0.2, -0.15) is 0 Å². The molecule has 0 spiro atoms. The first kappa shape index (κ1) is 20.5. The van der Waals surface area contributed by atoms with Crippen molar-refractivity contribution in [2.45, 2.75) is 33.2 Å². The third kappa shape index (κ3) is 6.42. The highest BCUT2D eigenvalue weighted by Gasteiger charge is 2.15. The van der Waals surface area contributed by atoms with Crippen molar-refractivity contribution < 1.29 is 14.3 Å². The van der Waals surface area contributed by atoms with E-state index in [2.05, 4.69) is 10.6 Å². The number of anilines is 2. The number of rotatable bonds is 8. The molecular weight excluding hydrogens is 342 g/mol. The van der Waals surface area contributed by atoms with Gasteiger partial charge in [-0.3, -0.25) is 9.59 Å². The zero-order chi connectivity index (χ0) is 19.8. The van der Waals surface area contributed by atoms with Gasteiger partial charge in [-0.05, 0) is 67.8 Å². The highest BCUT2D eigenvalue weighted by atomic mass is 16.5. The molecular formula is C21H27N3O3. The van der Waals surface area contributed by atoms with Gasteiger partial charge in [0, 0.05) is 16.9 Å². The Morgan fingerprint density at radius 3 is 2.07 bits per heavy atom. The number of nitrogens with two attached hydrogens (primary N) is 1. The van der Waals surface area contributed by atoms with Crippen molar-refractivity contribution >= 4 is 23.2 Å². The first-order valence-electron chi connectivity index (χ1n) is 9.09. The summed E-state index contributed by atoms with van der Waals surface area (Å²) in [7, 11) is 0. The van der Waals surface area contributed by atoms with Gasteiger partial charge < -0.3 is 21.1 Å². The highest BCUT2D eigenvalue weighted by Crippen LogP contribution is 2.17. The van der Waals surface area contributed by atoms with Crippen molar-refractivity contribution in [2.24, 2.45) is 11.7 Å². The van der Waals surface area contributed by atoms with Crippen LogP contribution in [0.1, 0.15) is 37.6 Å². The number of hydrogen-bond acceptors (Lipinski definition) is 4. The van der Waals surface area contributed by atoms with Crippen LogP contribution in [0.5, 0.6) is 5.75 Å². The molecule has 0 fully saturated rings. The summed E-state index contributed by atoms with van der Waals surface area (Å²) in [6.45, 7) is 6.55. The van der Waals surface area contributed by atoms with E-state index < -0.39 is 6.04 Å². The third-order valence-electron chi connectivity index (χ3n) is 3.90. The van der Waals surface area contributed by atoms with Crippen LogP contribution in [-0.4, -0.2) is 24.5 Å². The minimum Gasteiger partial charge on any atom is -0.494 e. The van der Waals surface area contributed by atoms with E-state index in [9.17, 15) is 9.59 Å². The number of ether oxygens (including phenoxy) is 1. The Morgan fingerprint density at radius 2 is 1.52 bits per heavy atom. The van der Waals surface area contributed by atoms with Crippen molar-refractivity contribution in [3.05, 3.63) is 54.1 Å². The maximum Gasteiger partial charge on any atom is 0.255 e. The van der Waals surface area contributed by atoms with Crippen LogP contribution in [0.4, 0.5) is 11.4 Å². The number of hydrogen-bond donors (Lipinski definition) is 3. The molecule has 0 saturated carbocycles. The second-order valence-corrected chi connectivity index (χ2v) is 6.71. The van der Waals surface area contributed by atoms with Gasteiger partial charge in [0.2, 0.25) is 5.91 Å². The maximum absolute atomic E-state index is 12.3. The van der Waals surface area contributed by atoms with E-state index >= 15 is 0 Å². The Morgan fingerprint density at radius 1 is 0.963 bits per heavy atom. The lowest BCUT2D eigenvalue weighted by Crippen LogP contribution is -2.36. The van der Waals surface area contributed by atoms with Crippen LogP contribution in [0, 0.1) is 5.92 Å². The van der Waals surface area contributed by atoms with Gasteiger partial charge in [0.1, 0.15) is 5.75 Å². The van der Waals surface area contributed by atoms with Gasteiger partial charge in [0.25, 0.3) is 5.91 Å². The van der Waals surface area contributed by atoms with E-state index in [1.54, 1.807) is 48.5 Å². The van der Waals surface area contributed by atoms with E-state index in [1.165, 1.54) is 0 Å². The molecule has 144 valence electrons. The molecule has 0 heterocycles. The predicted molar refractivity (Wildman–Crippen MR) is 108 cm³/mol. The van der Waals surface area contributed by atoms with Crippen molar-refractivity contribution in [3.63, 3.8) is 0 Å². The van der Waals surface area contributed by atoms with Crippen molar-refractivity contribution in [1.82, 2.24) is 0 Å². The molecule has 27 heavy (non-hydrogen) atoms. The molecule has 0 aliphatic heterocycles. The molecule has 6 heteroatoms. The van der Waals surface area contributed by atoms with Gasteiger partial charge in [0.05, 0.1) is 12.6 Å². The fraction of sp³-hybridized carbons (Fsp3) is 0.333. The number of nitrogens with one attached hydrogen (secondary N) is 2. The molecule has 2 rings (SSSR count). The topological polar surface area (TPSA) is 93.5 Å². The SMILES string of the molecule is CCOc1ccc(NC(=O)c2ccc(NC(=O)[C@@H](N)CC(C)C)cc2)cc1. The smallest absolute Gasteiger partial charge is 0.255 e. The summed E-state index contributed by atoms with van der Waals surface area (Å²) in [6.07, 6.45) is 0.619. The lowest BCUT2D eigenvalue weighted by molar-refractivity contribution is -0.117. The summed E-state index contributed by atoms with van der Waals surface area (Å²) in [5.74, 6) is 0.648. The molecule has 0 saturated heterocycles. The van der Waals surface area contributed by atoms with E-state index in [1.807, 2.05) is 20.8 Å². The van der Waals surface area contributed by atoms with E-state index in [-0.39, 0.29) is 11.8 Å². The highest BCUT2D eigenvalue weighted by molar-refractivity contribution is 6.04. The molecule has 0 aliphatic carbocycles. The van der Waals surface area contributed by atoms with E-state index in [4.69, 9.17) is 10.5 Å². The quantitative estimate of drug-likeness (QED) is 0.662. The lowest BCUT2D eigenvalue weighted by Gasteiger charge is -2.14. The van der Waals surface area contributed by atoms with Crippen molar-refractivity contribution in [2.75, 3.05) is 17.2 Å². The first-order valence-corrected chi connectivity index (χ1v) is 9.09. The summed E-state index contributed by atoms with van der Waals surface area (Å²) in [5, 5.41) is 5.60. The maximum atomic E-state index is 12.3. The molecule has 2 aromatic carbocycles. The largest absolute Gasteiger partial charge is 0.494 e. The van der Waals surface area contributed by atoms with E-state index in [0.29, 0.717) is 35.9 Å². The number of carbonyl (C=O) groups excluding carboxylic acids is 2. The average molecular weight is 369 g/mol. The molecule has 2 amide bonds. The molecule has 1 atom stereocenters. The second kappa shape index (κ2) is 9.73. The lowest BCUT2D eigenvalue weighted by atomic mass is 10.0. The van der Waals surface area contributed by atoms with Gasteiger partial charge in [-0.15, -0.1) is 0 Å². The summed E-state index contributed by atoms with van der Waals surface area (Å²) in [4.78, 5) is 24.4. The number of carbonyl (C=O) groups is 2. The van der Waals surface area contributed by atoms with Crippen molar-refractivity contribution in [1.29, 1.82) is 0 Å². The summed E-state index contributed by atoms with van der Waals surface area (Å²) in [5.41, 5.74) is 7.66. The molecule has 0 radical (unpaired) electrons. The standard InChI is InChI=1S/C21H27N3O3/c1-4-27-18-11-9-17(10-12-18)23-20(25)15-5-7-16(8-6-15)24-21(26)19(22)13-14(2)3/h5-12,14,19H,4,13,22H2,1-3H3,(H,23,25)(H,24,26)/t19-/m0/s1. The minimum absolute atomic E-state index is 0.227. The fourth-order valence-electron chi connectivity index (χ4n) is 2.56. The average Bonchev–Trinajstić information content (AvgIpc) is 2.63. The Kier molecular flexibility index (Phi) is 7.37. The van der Waals surface area contributed by atoms with Gasteiger partial charge in [0.15, 0.2) is 0 Å². The molecule has 0 aliphatic rings. The predicted octanol–water partition coefficient (Wildman–Crippen LogP) is 3.65. The van der Waals surface area contributed by atoms with Crippen LogP contribution in [0.2, 0.25) is 0 Å². The molecule has 0 unspecified atom stereocenters. The van der Waals surface area contributed by atoms with E-state index in [0.717, 1.165) is 5.75 Å². The Bertz CT molecular complexity index is 755. The third-order valence-corrected chi connectivity index (χ3v) is 3.90. The van der Waals surface area contributed by atoms with Gasteiger partial charge in [-0.25, -0.2) is 0 Å². The zero-order valence-corrected chi connectivity index (χ0v) is 16.0. The fourth-order valence-corrected chi connectivity index (χ4v) is 2.56. The molecule has 2 aromatic rings. The van der Waals surface area contributed by atoms with Crippen LogP contribution < -0.4 is 21.1 Å². The summed E-state index contributed by atoms with van der Waals surface area (Å²) >= 11 is 0. The van der Waals surface area contributed by atoms with Crippen LogP contribution in [0.3, 0.4) is 0 Å². The van der Waals surface area contributed by atoms with Gasteiger partial charge in [-0.1, -0.05) is 13.8 Å². The van der Waals surface area contributed by atoms with Crippen LogP contribution in [-0.2, 0) is 4.79 Å². The Hall–Kier alpha value is -2.86. The zero-order valence-electron chi connectivity index (χ0n) is 16.0. The minimum atomic E-state index is -0.548. The molecule has 0 bridgehead atoms. The second-order valence-electron chi connectivity index (χ2n) is 6.71. The van der Waals surface area contributed by atoms with Gasteiger partial charge >= 0.3 is 0 Å². The van der Waals surface area contributed by atoms with Crippen LogP contribution in [0.25, 0.3) is 0 Å².